The molecule has 5 nitrogen and oxygen atoms in total. The van der Waals surface area contributed by atoms with Crippen molar-refractivity contribution in [2.45, 2.75) is 0 Å². The summed E-state index contributed by atoms with van der Waals surface area (Å²) in [5, 5.41) is 12.1. The van der Waals surface area contributed by atoms with Crippen molar-refractivity contribution in [1.29, 1.82) is 5.26 Å². The summed E-state index contributed by atoms with van der Waals surface area (Å²) in [5.41, 5.74) is 3.51. The van der Waals surface area contributed by atoms with Gasteiger partial charge in [0.2, 0.25) is 0 Å². The summed E-state index contributed by atoms with van der Waals surface area (Å²) in [5.74, 6) is 1.64. The minimum absolute atomic E-state index is 0.628. The van der Waals surface area contributed by atoms with Gasteiger partial charge in [-0.2, -0.15) is 5.26 Å². The van der Waals surface area contributed by atoms with Crippen molar-refractivity contribution in [2.24, 2.45) is 0 Å². The SMILES string of the molecule is CN(C)CCOc1ccc(C(=C(C#N)c2cccs2)c2ccc(OCCN(C)C)cc2)cc1. The Hall–Kier alpha value is -3.11. The first-order valence-corrected chi connectivity index (χ1v) is 11.8. The molecule has 0 saturated carbocycles. The fourth-order valence-electron chi connectivity index (χ4n) is 3.24. The average molecular weight is 462 g/mol. The van der Waals surface area contributed by atoms with Gasteiger partial charge < -0.3 is 19.3 Å². The minimum Gasteiger partial charge on any atom is -0.492 e. The summed E-state index contributed by atoms with van der Waals surface area (Å²) in [6, 6.07) is 22.3. The highest BCUT2D eigenvalue weighted by Gasteiger charge is 2.15. The van der Waals surface area contributed by atoms with Crippen molar-refractivity contribution in [3.63, 3.8) is 0 Å². The third kappa shape index (κ3) is 7.19. The lowest BCUT2D eigenvalue weighted by Crippen LogP contribution is -2.19. The minimum atomic E-state index is 0.628. The van der Waals surface area contributed by atoms with E-state index in [9.17, 15) is 5.26 Å². The van der Waals surface area contributed by atoms with Crippen LogP contribution in [0, 0.1) is 11.3 Å². The number of benzene rings is 2. The Kier molecular flexibility index (Phi) is 9.08. The maximum atomic E-state index is 10.1. The van der Waals surface area contributed by atoms with Gasteiger partial charge in [-0.25, -0.2) is 0 Å². The van der Waals surface area contributed by atoms with Crippen molar-refractivity contribution in [2.75, 3.05) is 54.5 Å². The summed E-state index contributed by atoms with van der Waals surface area (Å²) in [6.45, 7) is 2.96. The van der Waals surface area contributed by atoms with Crippen LogP contribution in [0.3, 0.4) is 0 Å². The van der Waals surface area contributed by atoms with Crippen LogP contribution in [-0.2, 0) is 0 Å². The lowest BCUT2D eigenvalue weighted by atomic mass is 9.92. The van der Waals surface area contributed by atoms with Crippen LogP contribution in [0.25, 0.3) is 11.1 Å². The van der Waals surface area contributed by atoms with E-state index in [1.807, 2.05) is 94.2 Å². The molecule has 3 rings (SSSR count). The van der Waals surface area contributed by atoms with E-state index in [1.54, 1.807) is 11.3 Å². The third-order valence-corrected chi connectivity index (χ3v) is 5.92. The van der Waals surface area contributed by atoms with Gasteiger partial charge in [-0.3, -0.25) is 0 Å². The van der Waals surface area contributed by atoms with Gasteiger partial charge in [-0.05, 0) is 75.0 Å². The van der Waals surface area contributed by atoms with Crippen LogP contribution in [0.5, 0.6) is 11.5 Å². The van der Waals surface area contributed by atoms with E-state index in [4.69, 9.17) is 9.47 Å². The highest BCUT2D eigenvalue weighted by molar-refractivity contribution is 7.11. The van der Waals surface area contributed by atoms with Crippen molar-refractivity contribution in [1.82, 2.24) is 9.80 Å². The van der Waals surface area contributed by atoms with Crippen LogP contribution in [0.2, 0.25) is 0 Å². The number of hydrogen-bond acceptors (Lipinski definition) is 6. The van der Waals surface area contributed by atoms with Crippen molar-refractivity contribution < 1.29 is 9.47 Å². The highest BCUT2D eigenvalue weighted by Crippen LogP contribution is 2.35. The maximum Gasteiger partial charge on any atom is 0.119 e. The normalized spacial score (nSPS) is 10.8. The molecule has 33 heavy (non-hydrogen) atoms. The number of nitriles is 1. The summed E-state index contributed by atoms with van der Waals surface area (Å²) in [4.78, 5) is 5.12. The topological polar surface area (TPSA) is 48.7 Å². The molecule has 1 heterocycles. The van der Waals surface area contributed by atoms with Crippen LogP contribution in [0.1, 0.15) is 16.0 Å². The lowest BCUT2D eigenvalue weighted by Gasteiger charge is -2.15. The molecule has 0 saturated heterocycles. The molecule has 0 spiro atoms. The Morgan fingerprint density at radius 1 is 0.788 bits per heavy atom. The summed E-state index contributed by atoms with van der Waals surface area (Å²) in [7, 11) is 8.10. The number of hydrogen-bond donors (Lipinski definition) is 0. The standard InChI is InChI=1S/C27H31N3O2S/c1-29(2)15-17-31-23-11-7-21(8-12-23)27(25(20-28)26-6-5-19-33-26)22-9-13-24(14-10-22)32-18-16-30(3)4/h5-14,19H,15-18H2,1-4H3. The predicted molar refractivity (Wildman–Crippen MR) is 137 cm³/mol. The zero-order valence-electron chi connectivity index (χ0n) is 19.7. The van der Waals surface area contributed by atoms with Gasteiger partial charge in [0.05, 0.1) is 5.57 Å². The Balaban J connectivity index is 1.91. The van der Waals surface area contributed by atoms with Crippen LogP contribution in [0.4, 0.5) is 0 Å². The van der Waals surface area contributed by atoms with E-state index in [-0.39, 0.29) is 0 Å². The molecular weight excluding hydrogens is 430 g/mol. The largest absolute Gasteiger partial charge is 0.492 e. The van der Waals surface area contributed by atoms with Gasteiger partial charge in [0.25, 0.3) is 0 Å². The van der Waals surface area contributed by atoms with E-state index >= 15 is 0 Å². The Bertz CT molecular complexity index is 1000. The molecule has 6 heteroatoms. The van der Waals surface area contributed by atoms with E-state index < -0.39 is 0 Å². The monoisotopic (exact) mass is 461 g/mol. The van der Waals surface area contributed by atoms with E-state index in [0.717, 1.165) is 46.2 Å². The Morgan fingerprint density at radius 3 is 1.64 bits per heavy atom. The molecule has 2 aromatic carbocycles. The molecule has 0 aliphatic rings. The molecule has 0 atom stereocenters. The van der Waals surface area contributed by atoms with Gasteiger partial charge in [0, 0.05) is 23.5 Å². The van der Waals surface area contributed by atoms with E-state index in [2.05, 4.69) is 15.9 Å². The van der Waals surface area contributed by atoms with Crippen LogP contribution in [0.15, 0.2) is 66.0 Å². The number of ether oxygens (including phenoxy) is 2. The molecule has 0 aliphatic heterocycles. The van der Waals surface area contributed by atoms with Gasteiger partial charge >= 0.3 is 0 Å². The first-order chi connectivity index (χ1) is 16.0. The lowest BCUT2D eigenvalue weighted by molar-refractivity contribution is 0.261. The maximum absolute atomic E-state index is 10.1. The molecular formula is C27H31N3O2S. The molecule has 3 aromatic rings. The van der Waals surface area contributed by atoms with E-state index in [1.165, 1.54) is 0 Å². The molecule has 0 fully saturated rings. The molecule has 0 bridgehead atoms. The molecule has 0 N–H and O–H groups in total. The molecule has 0 unspecified atom stereocenters. The van der Waals surface area contributed by atoms with Crippen molar-refractivity contribution in [3.8, 4) is 17.6 Å². The average Bonchev–Trinajstić information content (AvgIpc) is 3.33. The Labute approximate surface area is 201 Å². The first-order valence-electron chi connectivity index (χ1n) is 10.9. The smallest absolute Gasteiger partial charge is 0.119 e. The van der Waals surface area contributed by atoms with Crippen LogP contribution < -0.4 is 9.47 Å². The van der Waals surface area contributed by atoms with Gasteiger partial charge in [-0.15, -0.1) is 11.3 Å². The van der Waals surface area contributed by atoms with Crippen molar-refractivity contribution in [3.05, 3.63) is 82.0 Å². The van der Waals surface area contributed by atoms with Gasteiger partial charge in [-0.1, -0.05) is 30.3 Å². The van der Waals surface area contributed by atoms with Crippen LogP contribution >= 0.6 is 11.3 Å². The number of rotatable bonds is 11. The quantitative estimate of drug-likeness (QED) is 0.371. The van der Waals surface area contributed by atoms with Crippen LogP contribution in [-0.4, -0.2) is 64.3 Å². The summed E-state index contributed by atoms with van der Waals surface area (Å²) >= 11 is 1.57. The number of allylic oxidation sites excluding steroid dienone is 1. The zero-order valence-corrected chi connectivity index (χ0v) is 20.6. The molecule has 1 aromatic heterocycles. The number of likely N-dealkylation sites (N-methyl/N-ethyl adjacent to an activating group) is 2. The fourth-order valence-corrected chi connectivity index (χ4v) is 3.96. The second-order valence-electron chi connectivity index (χ2n) is 8.19. The first kappa shape index (κ1) is 24.5. The van der Waals surface area contributed by atoms with E-state index in [0.29, 0.717) is 18.8 Å². The molecule has 0 aliphatic carbocycles. The van der Waals surface area contributed by atoms with Gasteiger partial charge in [0.1, 0.15) is 30.8 Å². The Morgan fingerprint density at radius 2 is 1.27 bits per heavy atom. The fraction of sp³-hybridized carbons (Fsp3) is 0.296. The second-order valence-corrected chi connectivity index (χ2v) is 9.14. The molecule has 172 valence electrons. The zero-order chi connectivity index (χ0) is 23.6. The summed E-state index contributed by atoms with van der Waals surface area (Å²) in [6.07, 6.45) is 0. The molecule has 0 radical (unpaired) electrons. The van der Waals surface area contributed by atoms with Gasteiger partial charge in [0.15, 0.2) is 0 Å². The number of thiophene rings is 1. The third-order valence-electron chi connectivity index (χ3n) is 5.03. The number of nitrogens with zero attached hydrogens (tertiary/aromatic N) is 3. The molecule has 0 amide bonds. The highest BCUT2D eigenvalue weighted by atomic mass is 32.1. The van der Waals surface area contributed by atoms with Crippen molar-refractivity contribution >= 4 is 22.5 Å². The summed E-state index contributed by atoms with van der Waals surface area (Å²) < 4.78 is 11.7. The second kappa shape index (κ2) is 12.2. The predicted octanol–water partition coefficient (Wildman–Crippen LogP) is 5.11.